The van der Waals surface area contributed by atoms with Gasteiger partial charge in [0.1, 0.15) is 12.6 Å². The molecule has 0 spiro atoms. The fourth-order valence-corrected chi connectivity index (χ4v) is 3.03. The molecular formula is C21H21N3O5. The van der Waals surface area contributed by atoms with Crippen LogP contribution < -0.4 is 10.6 Å². The predicted octanol–water partition coefficient (Wildman–Crippen LogP) is 1.96. The number of hydrogen-bond donors (Lipinski definition) is 2. The standard InChI is InChI=1S/C21H21N3O5/c1-29-20(27)15-8-10-16(11-9-15)22-18(25)13-24-19(26)17(23-21(24)28)12-7-14-5-3-2-4-6-14/h2-6,8-11,17H,7,12-13H2,1H3,(H,22,25)(H,23,28). The van der Waals surface area contributed by atoms with Gasteiger partial charge in [0.15, 0.2) is 0 Å². The lowest BCUT2D eigenvalue weighted by molar-refractivity contribution is -0.130. The van der Waals surface area contributed by atoms with Gasteiger partial charge in [-0.2, -0.15) is 0 Å². The molecule has 1 aliphatic rings. The molecule has 1 fully saturated rings. The van der Waals surface area contributed by atoms with Crippen LogP contribution in [0.2, 0.25) is 0 Å². The summed E-state index contributed by atoms with van der Waals surface area (Å²) in [6, 6.07) is 14.5. The second-order valence-electron chi connectivity index (χ2n) is 6.57. The highest BCUT2D eigenvalue weighted by Gasteiger charge is 2.38. The quantitative estimate of drug-likeness (QED) is 0.551. The summed E-state index contributed by atoms with van der Waals surface area (Å²) >= 11 is 0. The number of benzene rings is 2. The summed E-state index contributed by atoms with van der Waals surface area (Å²) in [5, 5.41) is 5.23. The van der Waals surface area contributed by atoms with E-state index in [1.54, 1.807) is 12.1 Å². The molecule has 2 N–H and O–H groups in total. The molecule has 1 aliphatic heterocycles. The third-order valence-electron chi connectivity index (χ3n) is 4.56. The number of anilines is 1. The van der Waals surface area contributed by atoms with E-state index >= 15 is 0 Å². The first kappa shape index (κ1) is 20.1. The van der Waals surface area contributed by atoms with E-state index in [0.717, 1.165) is 10.5 Å². The monoisotopic (exact) mass is 395 g/mol. The number of nitrogens with one attached hydrogen (secondary N) is 2. The average Bonchev–Trinajstić information content (AvgIpc) is 3.00. The zero-order chi connectivity index (χ0) is 20.8. The van der Waals surface area contributed by atoms with Gasteiger partial charge < -0.3 is 15.4 Å². The van der Waals surface area contributed by atoms with Crippen LogP contribution in [0.4, 0.5) is 10.5 Å². The molecule has 8 nitrogen and oxygen atoms in total. The fraction of sp³-hybridized carbons (Fsp3) is 0.238. The van der Waals surface area contributed by atoms with E-state index in [0.29, 0.717) is 24.1 Å². The molecule has 0 aliphatic carbocycles. The SMILES string of the molecule is COC(=O)c1ccc(NC(=O)CN2C(=O)NC(CCc3ccccc3)C2=O)cc1. The Bertz CT molecular complexity index is 912. The van der Waals surface area contributed by atoms with E-state index in [1.165, 1.54) is 19.2 Å². The van der Waals surface area contributed by atoms with Gasteiger partial charge in [0.2, 0.25) is 5.91 Å². The molecule has 3 rings (SSSR count). The number of aryl methyl sites for hydroxylation is 1. The van der Waals surface area contributed by atoms with E-state index < -0.39 is 29.9 Å². The summed E-state index contributed by atoms with van der Waals surface area (Å²) in [6.07, 6.45) is 1.10. The number of carbonyl (C=O) groups is 4. The smallest absolute Gasteiger partial charge is 0.337 e. The van der Waals surface area contributed by atoms with Crippen LogP contribution >= 0.6 is 0 Å². The van der Waals surface area contributed by atoms with Crippen molar-refractivity contribution in [3.05, 3.63) is 65.7 Å². The summed E-state index contributed by atoms with van der Waals surface area (Å²) in [4.78, 5) is 49.2. The Morgan fingerprint density at radius 2 is 1.76 bits per heavy atom. The highest BCUT2D eigenvalue weighted by atomic mass is 16.5. The van der Waals surface area contributed by atoms with Gasteiger partial charge in [-0.15, -0.1) is 0 Å². The number of nitrogens with zero attached hydrogens (tertiary/aromatic N) is 1. The number of rotatable bonds is 7. The van der Waals surface area contributed by atoms with Crippen molar-refractivity contribution < 1.29 is 23.9 Å². The maximum atomic E-state index is 12.5. The topological polar surface area (TPSA) is 105 Å². The maximum absolute atomic E-state index is 12.5. The number of imide groups is 1. The Balaban J connectivity index is 1.53. The minimum absolute atomic E-state index is 0.348. The van der Waals surface area contributed by atoms with E-state index in [-0.39, 0.29) is 6.54 Å². The second-order valence-corrected chi connectivity index (χ2v) is 6.57. The van der Waals surface area contributed by atoms with Crippen LogP contribution in [-0.4, -0.2) is 48.4 Å². The maximum Gasteiger partial charge on any atom is 0.337 e. The molecule has 0 bridgehead atoms. The lowest BCUT2D eigenvalue weighted by Gasteiger charge is -2.13. The minimum atomic E-state index is -0.644. The number of urea groups is 1. The van der Waals surface area contributed by atoms with Crippen molar-refractivity contribution in [2.24, 2.45) is 0 Å². The van der Waals surface area contributed by atoms with Crippen molar-refractivity contribution in [1.29, 1.82) is 0 Å². The zero-order valence-corrected chi connectivity index (χ0v) is 15.9. The number of amides is 4. The van der Waals surface area contributed by atoms with E-state index in [9.17, 15) is 19.2 Å². The van der Waals surface area contributed by atoms with Crippen LogP contribution in [0.5, 0.6) is 0 Å². The number of ether oxygens (including phenoxy) is 1. The molecule has 1 atom stereocenters. The van der Waals surface area contributed by atoms with Gasteiger partial charge in [0.05, 0.1) is 12.7 Å². The van der Waals surface area contributed by atoms with Gasteiger partial charge in [-0.25, -0.2) is 9.59 Å². The number of methoxy groups -OCH3 is 1. The van der Waals surface area contributed by atoms with Crippen LogP contribution in [0.3, 0.4) is 0 Å². The van der Waals surface area contributed by atoms with E-state index in [2.05, 4.69) is 15.4 Å². The van der Waals surface area contributed by atoms with Crippen molar-refractivity contribution in [3.63, 3.8) is 0 Å². The first-order chi connectivity index (χ1) is 14.0. The molecule has 0 radical (unpaired) electrons. The molecule has 2 aromatic rings. The highest BCUT2D eigenvalue weighted by molar-refractivity contribution is 6.08. The van der Waals surface area contributed by atoms with Gasteiger partial charge in [-0.05, 0) is 42.7 Å². The predicted molar refractivity (Wildman–Crippen MR) is 105 cm³/mol. The first-order valence-corrected chi connectivity index (χ1v) is 9.12. The molecule has 2 aromatic carbocycles. The molecule has 1 heterocycles. The minimum Gasteiger partial charge on any atom is -0.465 e. The van der Waals surface area contributed by atoms with Gasteiger partial charge in [0, 0.05) is 5.69 Å². The van der Waals surface area contributed by atoms with Gasteiger partial charge in [0.25, 0.3) is 5.91 Å². The summed E-state index contributed by atoms with van der Waals surface area (Å²) in [5.74, 6) is -1.41. The normalized spacial score (nSPS) is 15.8. The van der Waals surface area contributed by atoms with E-state index in [4.69, 9.17) is 0 Å². The van der Waals surface area contributed by atoms with Gasteiger partial charge in [-0.3, -0.25) is 14.5 Å². The molecule has 0 saturated carbocycles. The van der Waals surface area contributed by atoms with Crippen LogP contribution in [-0.2, 0) is 20.7 Å². The van der Waals surface area contributed by atoms with Crippen LogP contribution in [0.1, 0.15) is 22.3 Å². The zero-order valence-electron chi connectivity index (χ0n) is 15.9. The summed E-state index contributed by atoms with van der Waals surface area (Å²) in [6.45, 7) is -0.384. The van der Waals surface area contributed by atoms with Crippen molar-refractivity contribution >= 4 is 29.5 Å². The van der Waals surface area contributed by atoms with Crippen molar-refractivity contribution in [2.75, 3.05) is 19.0 Å². The number of hydrogen-bond acceptors (Lipinski definition) is 5. The third kappa shape index (κ3) is 4.98. The number of esters is 1. The number of carbonyl (C=O) groups excluding carboxylic acids is 4. The Hall–Kier alpha value is -3.68. The lowest BCUT2D eigenvalue weighted by Crippen LogP contribution is -2.38. The molecule has 0 aromatic heterocycles. The fourth-order valence-electron chi connectivity index (χ4n) is 3.03. The van der Waals surface area contributed by atoms with E-state index in [1.807, 2.05) is 30.3 Å². The van der Waals surface area contributed by atoms with Crippen LogP contribution in [0.15, 0.2) is 54.6 Å². The Morgan fingerprint density at radius 1 is 1.07 bits per heavy atom. The largest absolute Gasteiger partial charge is 0.465 e. The molecule has 1 saturated heterocycles. The molecule has 4 amide bonds. The van der Waals surface area contributed by atoms with Crippen molar-refractivity contribution in [3.8, 4) is 0 Å². The average molecular weight is 395 g/mol. The molecular weight excluding hydrogens is 374 g/mol. The van der Waals surface area contributed by atoms with Gasteiger partial charge in [-0.1, -0.05) is 30.3 Å². The summed E-state index contributed by atoms with van der Waals surface area (Å²) < 4.78 is 4.61. The molecule has 8 heteroatoms. The molecule has 150 valence electrons. The summed E-state index contributed by atoms with van der Waals surface area (Å²) in [7, 11) is 1.28. The second kappa shape index (κ2) is 9.01. The lowest BCUT2D eigenvalue weighted by atomic mass is 10.1. The van der Waals surface area contributed by atoms with Crippen molar-refractivity contribution in [2.45, 2.75) is 18.9 Å². The van der Waals surface area contributed by atoms with Crippen LogP contribution in [0, 0.1) is 0 Å². The Morgan fingerprint density at radius 3 is 2.41 bits per heavy atom. The van der Waals surface area contributed by atoms with Crippen LogP contribution in [0.25, 0.3) is 0 Å². The van der Waals surface area contributed by atoms with Crippen molar-refractivity contribution in [1.82, 2.24) is 10.2 Å². The third-order valence-corrected chi connectivity index (χ3v) is 4.56. The highest BCUT2D eigenvalue weighted by Crippen LogP contribution is 2.14. The molecule has 1 unspecified atom stereocenters. The Labute approximate surface area is 167 Å². The molecule has 29 heavy (non-hydrogen) atoms. The van der Waals surface area contributed by atoms with Gasteiger partial charge >= 0.3 is 12.0 Å². The summed E-state index contributed by atoms with van der Waals surface area (Å²) in [5.41, 5.74) is 1.86. The first-order valence-electron chi connectivity index (χ1n) is 9.12. The Kier molecular flexibility index (Phi) is 6.23.